The molecule has 1 aromatic heterocycles. The average molecular weight is 265 g/mol. The van der Waals surface area contributed by atoms with Crippen molar-refractivity contribution in [3.05, 3.63) is 40.7 Å². The normalized spacial score (nSPS) is 11.6. The number of ketones is 1. The lowest BCUT2D eigenvalue weighted by molar-refractivity contribution is 0.101. The molecule has 0 amide bonds. The largest absolute Gasteiger partial charge is 0.285 e. The van der Waals surface area contributed by atoms with Crippen molar-refractivity contribution in [1.82, 2.24) is 20.2 Å². The molecule has 0 radical (unpaired) electrons. The summed E-state index contributed by atoms with van der Waals surface area (Å²) in [4.78, 5) is 12.3. The molecule has 0 atom stereocenters. The molecule has 18 heavy (non-hydrogen) atoms. The standard InChI is InChI=1S/C12H13ClN4O/c1-12(2,3)17-11(14-15-16-17)10(18)8-5-4-6-9(13)7-8/h4-7H,1-3H3. The smallest absolute Gasteiger partial charge is 0.231 e. The summed E-state index contributed by atoms with van der Waals surface area (Å²) < 4.78 is 1.51. The highest BCUT2D eigenvalue weighted by atomic mass is 35.5. The second-order valence-electron chi connectivity index (χ2n) is 4.92. The van der Waals surface area contributed by atoms with Gasteiger partial charge < -0.3 is 0 Å². The SMILES string of the molecule is CC(C)(C)n1nnnc1C(=O)c1cccc(Cl)c1. The van der Waals surface area contributed by atoms with Gasteiger partial charge in [0.05, 0.1) is 5.54 Å². The van der Waals surface area contributed by atoms with Gasteiger partial charge in [-0.25, -0.2) is 4.68 Å². The predicted octanol–water partition coefficient (Wildman–Crippen LogP) is 2.31. The first-order chi connectivity index (χ1) is 8.39. The molecule has 0 saturated carbocycles. The van der Waals surface area contributed by atoms with Crippen LogP contribution in [0.5, 0.6) is 0 Å². The summed E-state index contributed by atoms with van der Waals surface area (Å²) in [6.07, 6.45) is 0. The number of carbonyl (C=O) groups is 1. The lowest BCUT2D eigenvalue weighted by Crippen LogP contribution is -2.27. The van der Waals surface area contributed by atoms with Crippen molar-refractivity contribution in [3.8, 4) is 0 Å². The van der Waals surface area contributed by atoms with Crippen molar-refractivity contribution in [3.63, 3.8) is 0 Å². The van der Waals surface area contributed by atoms with Gasteiger partial charge in [0.2, 0.25) is 11.6 Å². The van der Waals surface area contributed by atoms with Gasteiger partial charge in [-0.2, -0.15) is 0 Å². The van der Waals surface area contributed by atoms with Crippen LogP contribution in [0.2, 0.25) is 5.02 Å². The predicted molar refractivity (Wildman–Crippen MR) is 67.7 cm³/mol. The third-order valence-electron chi connectivity index (χ3n) is 2.39. The molecule has 0 spiro atoms. The van der Waals surface area contributed by atoms with Crippen molar-refractivity contribution in [2.75, 3.05) is 0 Å². The molecule has 6 heteroatoms. The maximum Gasteiger partial charge on any atom is 0.231 e. The Kier molecular flexibility index (Phi) is 3.17. The molecular formula is C12H13ClN4O. The van der Waals surface area contributed by atoms with Crippen molar-refractivity contribution < 1.29 is 4.79 Å². The lowest BCUT2D eigenvalue weighted by atomic mass is 10.1. The summed E-state index contributed by atoms with van der Waals surface area (Å²) in [5.74, 6) is -0.0257. The maximum absolute atomic E-state index is 12.3. The van der Waals surface area contributed by atoms with E-state index in [2.05, 4.69) is 15.5 Å². The van der Waals surface area contributed by atoms with E-state index in [1.54, 1.807) is 24.3 Å². The second kappa shape index (κ2) is 4.49. The fourth-order valence-electron chi connectivity index (χ4n) is 1.54. The van der Waals surface area contributed by atoms with E-state index < -0.39 is 0 Å². The van der Waals surface area contributed by atoms with Crippen LogP contribution in [0.15, 0.2) is 24.3 Å². The van der Waals surface area contributed by atoms with Gasteiger partial charge in [0, 0.05) is 10.6 Å². The van der Waals surface area contributed by atoms with E-state index in [0.717, 1.165) is 0 Å². The number of aromatic nitrogens is 4. The summed E-state index contributed by atoms with van der Waals surface area (Å²) in [6.45, 7) is 5.79. The van der Waals surface area contributed by atoms with Gasteiger partial charge in [-0.1, -0.05) is 23.7 Å². The van der Waals surface area contributed by atoms with Crippen LogP contribution in [0, 0.1) is 0 Å². The van der Waals surface area contributed by atoms with Crippen LogP contribution in [-0.2, 0) is 5.54 Å². The zero-order chi connectivity index (χ0) is 13.3. The van der Waals surface area contributed by atoms with E-state index in [1.165, 1.54) is 4.68 Å². The van der Waals surface area contributed by atoms with Crippen LogP contribution in [0.4, 0.5) is 0 Å². The first-order valence-electron chi connectivity index (χ1n) is 5.49. The summed E-state index contributed by atoms with van der Waals surface area (Å²) >= 11 is 5.87. The van der Waals surface area contributed by atoms with Crippen molar-refractivity contribution >= 4 is 17.4 Å². The van der Waals surface area contributed by atoms with Gasteiger partial charge in [0.25, 0.3) is 0 Å². The van der Waals surface area contributed by atoms with Crippen LogP contribution in [0.1, 0.15) is 37.0 Å². The van der Waals surface area contributed by atoms with Gasteiger partial charge in [0.15, 0.2) is 0 Å². The van der Waals surface area contributed by atoms with E-state index in [1.807, 2.05) is 20.8 Å². The molecule has 94 valence electrons. The molecular weight excluding hydrogens is 252 g/mol. The molecule has 0 aliphatic carbocycles. The highest BCUT2D eigenvalue weighted by molar-refractivity contribution is 6.31. The van der Waals surface area contributed by atoms with Crippen molar-refractivity contribution in [1.29, 1.82) is 0 Å². The second-order valence-corrected chi connectivity index (χ2v) is 5.36. The van der Waals surface area contributed by atoms with E-state index >= 15 is 0 Å². The topological polar surface area (TPSA) is 60.7 Å². The van der Waals surface area contributed by atoms with Gasteiger partial charge in [0.1, 0.15) is 0 Å². The van der Waals surface area contributed by atoms with Crippen LogP contribution in [0.3, 0.4) is 0 Å². The van der Waals surface area contributed by atoms with Gasteiger partial charge in [-0.3, -0.25) is 4.79 Å². The minimum atomic E-state index is -0.354. The summed E-state index contributed by atoms with van der Waals surface area (Å²) in [5, 5.41) is 11.7. The highest BCUT2D eigenvalue weighted by Gasteiger charge is 2.25. The quantitative estimate of drug-likeness (QED) is 0.781. The summed E-state index contributed by atoms with van der Waals surface area (Å²) in [7, 11) is 0. The zero-order valence-corrected chi connectivity index (χ0v) is 11.1. The molecule has 2 rings (SSSR count). The monoisotopic (exact) mass is 264 g/mol. The van der Waals surface area contributed by atoms with Crippen molar-refractivity contribution in [2.24, 2.45) is 0 Å². The molecule has 0 unspecified atom stereocenters. The highest BCUT2D eigenvalue weighted by Crippen LogP contribution is 2.17. The molecule has 0 bridgehead atoms. The van der Waals surface area contributed by atoms with Crippen LogP contribution in [0.25, 0.3) is 0 Å². The van der Waals surface area contributed by atoms with Gasteiger partial charge in [-0.05, 0) is 43.3 Å². The van der Waals surface area contributed by atoms with Crippen LogP contribution >= 0.6 is 11.6 Å². The Hall–Kier alpha value is -1.75. The zero-order valence-electron chi connectivity index (χ0n) is 10.4. The maximum atomic E-state index is 12.3. The van der Waals surface area contributed by atoms with E-state index in [9.17, 15) is 4.79 Å². The Balaban J connectivity index is 2.45. The van der Waals surface area contributed by atoms with E-state index in [0.29, 0.717) is 10.6 Å². The summed E-state index contributed by atoms with van der Waals surface area (Å²) in [6, 6.07) is 6.73. The van der Waals surface area contributed by atoms with Crippen molar-refractivity contribution in [2.45, 2.75) is 26.3 Å². The fourth-order valence-corrected chi connectivity index (χ4v) is 1.73. The number of tetrazole rings is 1. The minimum Gasteiger partial charge on any atom is -0.285 e. The van der Waals surface area contributed by atoms with Crippen LogP contribution < -0.4 is 0 Å². The third kappa shape index (κ3) is 2.41. The minimum absolute atomic E-state index is 0.213. The lowest BCUT2D eigenvalue weighted by Gasteiger charge is -2.19. The molecule has 0 fully saturated rings. The Bertz CT molecular complexity index is 586. The number of nitrogens with zero attached hydrogens (tertiary/aromatic N) is 4. The van der Waals surface area contributed by atoms with Crippen LogP contribution in [-0.4, -0.2) is 26.0 Å². The fraction of sp³-hybridized carbons (Fsp3) is 0.333. The first kappa shape index (κ1) is 12.7. The van der Waals surface area contributed by atoms with Gasteiger partial charge in [-0.15, -0.1) is 5.10 Å². The molecule has 0 saturated heterocycles. The Labute approximate surface area is 110 Å². The molecule has 0 aliphatic heterocycles. The third-order valence-corrected chi connectivity index (χ3v) is 2.63. The Morgan fingerprint density at radius 1 is 1.33 bits per heavy atom. The van der Waals surface area contributed by atoms with Gasteiger partial charge >= 0.3 is 0 Å². The average Bonchev–Trinajstić information content (AvgIpc) is 2.76. The number of hydrogen-bond donors (Lipinski definition) is 0. The molecule has 5 nitrogen and oxygen atoms in total. The number of hydrogen-bond acceptors (Lipinski definition) is 4. The summed E-state index contributed by atoms with van der Waals surface area (Å²) in [5.41, 5.74) is 0.121. The molecule has 1 aromatic carbocycles. The number of benzene rings is 1. The Morgan fingerprint density at radius 2 is 2.06 bits per heavy atom. The van der Waals surface area contributed by atoms with E-state index in [-0.39, 0.29) is 17.1 Å². The number of halogens is 1. The molecule has 1 heterocycles. The molecule has 0 N–H and O–H groups in total. The Morgan fingerprint density at radius 3 is 2.67 bits per heavy atom. The van der Waals surface area contributed by atoms with E-state index in [4.69, 9.17) is 11.6 Å². The first-order valence-corrected chi connectivity index (χ1v) is 5.86. The molecule has 0 aliphatic rings. The number of carbonyl (C=O) groups excluding carboxylic acids is 1. The number of rotatable bonds is 2. The molecule has 2 aromatic rings.